The highest BCUT2D eigenvalue weighted by Crippen LogP contribution is 2.26. The molecule has 3 heterocycles. The predicted octanol–water partition coefficient (Wildman–Crippen LogP) is 3.36. The van der Waals surface area contributed by atoms with Gasteiger partial charge in [0, 0.05) is 31.9 Å². The average Bonchev–Trinajstić information content (AvgIpc) is 3.08. The van der Waals surface area contributed by atoms with Gasteiger partial charge >= 0.3 is 0 Å². The second-order valence-electron chi connectivity index (χ2n) is 6.69. The molecule has 0 aliphatic carbocycles. The molecule has 2 aliphatic heterocycles. The van der Waals surface area contributed by atoms with Gasteiger partial charge in [-0.3, -0.25) is 19.7 Å². The van der Waals surface area contributed by atoms with E-state index >= 15 is 0 Å². The van der Waals surface area contributed by atoms with Gasteiger partial charge in [0.25, 0.3) is 0 Å². The molecule has 1 unspecified atom stereocenters. The summed E-state index contributed by atoms with van der Waals surface area (Å²) in [5.74, 6) is 1.23. The fourth-order valence-corrected chi connectivity index (χ4v) is 3.71. The number of fused-ring (bicyclic) bond motifs is 1. The van der Waals surface area contributed by atoms with E-state index < -0.39 is 0 Å². The molecule has 0 spiro atoms. The first-order chi connectivity index (χ1) is 13.6. The van der Waals surface area contributed by atoms with Gasteiger partial charge in [0.15, 0.2) is 11.7 Å². The normalized spacial score (nSPS) is 18.1. The van der Waals surface area contributed by atoms with Gasteiger partial charge < -0.3 is 4.90 Å². The molecule has 1 aromatic carbocycles. The Kier molecular flexibility index (Phi) is 5.34. The second-order valence-corrected chi connectivity index (χ2v) is 7.75. The number of aliphatic imine (C=N–C) groups is 2. The number of aromatic nitrogens is 1. The third-order valence-electron chi connectivity index (χ3n) is 4.60. The third-order valence-corrected chi connectivity index (χ3v) is 5.33. The molecule has 7 heteroatoms. The summed E-state index contributed by atoms with van der Waals surface area (Å²) in [6.45, 7) is 2.57. The Morgan fingerprint density at radius 3 is 2.71 bits per heavy atom. The molecule has 1 aromatic heterocycles. The number of carbonyl (C=O) groups is 1. The Hall–Kier alpha value is -2.80. The number of amides is 1. The summed E-state index contributed by atoms with van der Waals surface area (Å²) in [7, 11) is 0. The first kappa shape index (κ1) is 18.6. The van der Waals surface area contributed by atoms with Gasteiger partial charge in [0.05, 0.1) is 18.8 Å². The van der Waals surface area contributed by atoms with Crippen molar-refractivity contribution in [3.8, 4) is 0 Å². The lowest BCUT2D eigenvalue weighted by atomic mass is 10.1. The van der Waals surface area contributed by atoms with E-state index in [1.807, 2.05) is 36.5 Å². The van der Waals surface area contributed by atoms with Crippen molar-refractivity contribution in [1.29, 1.82) is 0 Å². The molecule has 0 saturated carbocycles. The maximum Gasteiger partial charge on any atom is 0.225 e. The van der Waals surface area contributed by atoms with Crippen molar-refractivity contribution in [2.75, 3.05) is 6.54 Å². The first-order valence-corrected chi connectivity index (χ1v) is 10.0. The maximum absolute atomic E-state index is 12.5. The van der Waals surface area contributed by atoms with E-state index in [0.29, 0.717) is 25.3 Å². The molecule has 0 N–H and O–H groups in total. The van der Waals surface area contributed by atoms with E-state index in [-0.39, 0.29) is 10.9 Å². The van der Waals surface area contributed by atoms with Gasteiger partial charge in [0.2, 0.25) is 5.91 Å². The van der Waals surface area contributed by atoms with Crippen LogP contribution in [-0.2, 0) is 17.8 Å². The number of allylic oxidation sites excluding steroid dienone is 1. The number of pyridine rings is 1. The van der Waals surface area contributed by atoms with Crippen molar-refractivity contribution in [3.63, 3.8) is 0 Å². The molecule has 1 atom stereocenters. The van der Waals surface area contributed by atoms with Gasteiger partial charge in [-0.2, -0.15) is 0 Å². The van der Waals surface area contributed by atoms with Crippen LogP contribution < -0.4 is 0 Å². The molecule has 0 saturated heterocycles. The summed E-state index contributed by atoms with van der Waals surface area (Å²) in [5, 5.41) is 0. The largest absolute Gasteiger partial charge is 0.313 e. The van der Waals surface area contributed by atoms with Crippen LogP contribution in [0.1, 0.15) is 18.1 Å². The first-order valence-electron chi connectivity index (χ1n) is 9.09. The highest BCUT2D eigenvalue weighted by molar-refractivity contribution is 9.09. The zero-order chi connectivity index (χ0) is 19.5. The molecule has 0 fully saturated rings. The van der Waals surface area contributed by atoms with Crippen molar-refractivity contribution >= 4 is 33.5 Å². The molecular weight excluding hydrogens is 418 g/mol. The quantitative estimate of drug-likeness (QED) is 0.544. The topological polar surface area (TPSA) is 61.2 Å². The lowest BCUT2D eigenvalue weighted by Crippen LogP contribution is -2.46. The molecule has 2 aliphatic rings. The number of hydrogen-bond acceptors (Lipinski definition) is 5. The number of rotatable bonds is 4. The van der Waals surface area contributed by atoms with Crippen molar-refractivity contribution in [2.45, 2.75) is 24.8 Å². The van der Waals surface area contributed by atoms with Crippen LogP contribution in [0, 0.1) is 0 Å². The number of alkyl halides is 1. The van der Waals surface area contributed by atoms with Crippen molar-refractivity contribution < 1.29 is 4.79 Å². The lowest BCUT2D eigenvalue weighted by Gasteiger charge is -2.31. The Bertz CT molecular complexity index is 955. The summed E-state index contributed by atoms with van der Waals surface area (Å²) in [5.41, 5.74) is 3.01. The van der Waals surface area contributed by atoms with E-state index in [1.54, 1.807) is 24.2 Å². The van der Waals surface area contributed by atoms with Gasteiger partial charge in [-0.05, 0) is 17.2 Å². The average molecular weight is 438 g/mol. The molecule has 142 valence electrons. The maximum atomic E-state index is 12.5. The standard InChI is InChI=1S/C21H20BrN5O/c1-15(28)26(13-17-8-5-9-23-11-17)21-20-24-12-19(22)27(20)14-18(25-21)10-16-6-3-2-4-7-16/h2-9,11,14,19H,10,12-13H2,1H3. The summed E-state index contributed by atoms with van der Waals surface area (Å²) >= 11 is 3.67. The van der Waals surface area contributed by atoms with E-state index in [9.17, 15) is 4.79 Å². The summed E-state index contributed by atoms with van der Waals surface area (Å²) in [6, 6.07) is 14.0. The van der Waals surface area contributed by atoms with Crippen LogP contribution in [0.5, 0.6) is 0 Å². The highest BCUT2D eigenvalue weighted by Gasteiger charge is 2.35. The van der Waals surface area contributed by atoms with Gasteiger partial charge in [-0.25, -0.2) is 4.99 Å². The molecule has 28 heavy (non-hydrogen) atoms. The highest BCUT2D eigenvalue weighted by atomic mass is 79.9. The third kappa shape index (κ3) is 3.89. The van der Waals surface area contributed by atoms with Crippen LogP contribution in [-0.4, -0.2) is 43.9 Å². The van der Waals surface area contributed by atoms with E-state index in [0.717, 1.165) is 17.1 Å². The number of nitrogens with zero attached hydrogens (tertiary/aromatic N) is 5. The summed E-state index contributed by atoms with van der Waals surface area (Å²) in [4.78, 5) is 29.9. The number of amidine groups is 2. The minimum absolute atomic E-state index is 0.0611. The van der Waals surface area contributed by atoms with Gasteiger partial charge in [0.1, 0.15) is 4.95 Å². The Labute approximate surface area is 172 Å². The Morgan fingerprint density at radius 1 is 1.21 bits per heavy atom. The molecule has 0 bridgehead atoms. The number of benzene rings is 1. The second kappa shape index (κ2) is 8.06. The summed E-state index contributed by atoms with van der Waals surface area (Å²) < 4.78 is 0. The Balaban J connectivity index is 1.69. The fourth-order valence-electron chi connectivity index (χ4n) is 3.25. The van der Waals surface area contributed by atoms with Crippen LogP contribution in [0.3, 0.4) is 0 Å². The zero-order valence-electron chi connectivity index (χ0n) is 15.5. The van der Waals surface area contributed by atoms with Crippen LogP contribution >= 0.6 is 15.9 Å². The molecule has 2 aromatic rings. The smallest absolute Gasteiger partial charge is 0.225 e. The van der Waals surface area contributed by atoms with Crippen molar-refractivity contribution in [2.24, 2.45) is 9.98 Å². The van der Waals surface area contributed by atoms with E-state index in [1.165, 1.54) is 5.56 Å². The minimum atomic E-state index is -0.0794. The summed E-state index contributed by atoms with van der Waals surface area (Å²) in [6.07, 6.45) is 6.19. The van der Waals surface area contributed by atoms with Crippen LogP contribution in [0.4, 0.5) is 0 Å². The predicted molar refractivity (Wildman–Crippen MR) is 113 cm³/mol. The van der Waals surface area contributed by atoms with Crippen molar-refractivity contribution in [3.05, 3.63) is 77.9 Å². The number of halogens is 1. The molecule has 4 rings (SSSR count). The number of carbonyl (C=O) groups excluding carboxylic acids is 1. The van der Waals surface area contributed by atoms with Crippen LogP contribution in [0.15, 0.2) is 76.7 Å². The number of hydrogen-bond donors (Lipinski definition) is 0. The molecular formula is C21H20BrN5O. The van der Waals surface area contributed by atoms with Gasteiger partial charge in [-0.1, -0.05) is 52.3 Å². The van der Waals surface area contributed by atoms with Crippen LogP contribution in [0.2, 0.25) is 0 Å². The van der Waals surface area contributed by atoms with Crippen LogP contribution in [0.25, 0.3) is 0 Å². The fraction of sp³-hybridized carbons (Fsp3) is 0.238. The Morgan fingerprint density at radius 2 is 2.00 bits per heavy atom. The molecule has 1 amide bonds. The van der Waals surface area contributed by atoms with E-state index in [2.05, 4.69) is 42.9 Å². The molecule has 0 radical (unpaired) electrons. The monoisotopic (exact) mass is 437 g/mol. The SMILES string of the molecule is CC(=O)N(Cc1cccnc1)C1=NC(Cc2ccccc2)=CN2C1=NCC2Br. The lowest BCUT2D eigenvalue weighted by molar-refractivity contribution is -0.125. The van der Waals surface area contributed by atoms with Gasteiger partial charge in [-0.15, -0.1) is 0 Å². The van der Waals surface area contributed by atoms with E-state index in [4.69, 9.17) is 4.99 Å². The van der Waals surface area contributed by atoms with Crippen molar-refractivity contribution in [1.82, 2.24) is 14.8 Å². The zero-order valence-corrected chi connectivity index (χ0v) is 17.1. The molecule has 6 nitrogen and oxygen atoms in total. The minimum Gasteiger partial charge on any atom is -0.313 e.